The van der Waals surface area contributed by atoms with E-state index in [4.69, 9.17) is 9.97 Å². The van der Waals surface area contributed by atoms with E-state index in [1.54, 1.807) is 12.1 Å². The molecule has 1 amide bonds. The zero-order valence-electron chi connectivity index (χ0n) is 21.0. The van der Waals surface area contributed by atoms with E-state index in [0.717, 1.165) is 44.4 Å². The van der Waals surface area contributed by atoms with Gasteiger partial charge in [-0.1, -0.05) is 79.7 Å². The van der Waals surface area contributed by atoms with Gasteiger partial charge in [-0.25, -0.2) is 9.97 Å². The Kier molecular flexibility index (Phi) is 6.95. The van der Waals surface area contributed by atoms with Crippen molar-refractivity contribution in [2.24, 2.45) is 0 Å². The van der Waals surface area contributed by atoms with E-state index in [1.165, 1.54) is 0 Å². The van der Waals surface area contributed by atoms with Gasteiger partial charge in [0.25, 0.3) is 0 Å². The molecule has 0 bridgehead atoms. The van der Waals surface area contributed by atoms with Gasteiger partial charge < -0.3 is 10.4 Å². The van der Waals surface area contributed by atoms with E-state index in [-0.39, 0.29) is 18.1 Å². The number of amides is 1. The normalized spacial score (nSPS) is 11.0. The van der Waals surface area contributed by atoms with Crippen molar-refractivity contribution in [1.29, 1.82) is 0 Å². The summed E-state index contributed by atoms with van der Waals surface area (Å²) in [7, 11) is 0. The van der Waals surface area contributed by atoms with Gasteiger partial charge in [-0.3, -0.25) is 4.79 Å². The van der Waals surface area contributed by atoms with Crippen molar-refractivity contribution in [3.8, 4) is 17.0 Å². The first-order valence-corrected chi connectivity index (χ1v) is 12.5. The van der Waals surface area contributed by atoms with E-state index in [1.807, 2.05) is 74.5 Å². The highest BCUT2D eigenvalue weighted by Crippen LogP contribution is 2.30. The number of aryl methyl sites for hydroxylation is 2. The second kappa shape index (κ2) is 10.6. The molecule has 2 N–H and O–H groups in total. The third-order valence-corrected chi connectivity index (χ3v) is 6.49. The number of phenolic OH excluding ortho intramolecular Hbond substituents is 1. The molecule has 5 heteroatoms. The van der Waals surface area contributed by atoms with Gasteiger partial charge in [-0.2, -0.15) is 0 Å². The van der Waals surface area contributed by atoms with E-state index in [9.17, 15) is 9.90 Å². The summed E-state index contributed by atoms with van der Waals surface area (Å²) in [5.41, 5.74) is 6.15. The van der Waals surface area contributed by atoms with E-state index >= 15 is 0 Å². The zero-order valence-corrected chi connectivity index (χ0v) is 21.0. The number of benzene rings is 4. The van der Waals surface area contributed by atoms with Crippen LogP contribution in [-0.4, -0.2) is 21.0 Å². The van der Waals surface area contributed by atoms with Gasteiger partial charge in [0.15, 0.2) is 5.82 Å². The molecule has 0 saturated heterocycles. The van der Waals surface area contributed by atoms with Crippen molar-refractivity contribution >= 4 is 22.5 Å². The van der Waals surface area contributed by atoms with Gasteiger partial charge in [-0.05, 0) is 59.0 Å². The molecule has 5 nitrogen and oxygen atoms in total. The van der Waals surface area contributed by atoms with Crippen molar-refractivity contribution in [2.75, 3.05) is 5.32 Å². The summed E-state index contributed by atoms with van der Waals surface area (Å²) < 4.78 is 0. The summed E-state index contributed by atoms with van der Waals surface area (Å²) in [4.78, 5) is 23.1. The largest absolute Gasteiger partial charge is 0.508 e. The maximum Gasteiger partial charge on any atom is 0.229 e. The number of rotatable bonds is 7. The van der Waals surface area contributed by atoms with Crippen molar-refractivity contribution in [3.63, 3.8) is 0 Å². The highest BCUT2D eigenvalue weighted by atomic mass is 16.3. The Bertz CT molecular complexity index is 1580. The minimum Gasteiger partial charge on any atom is -0.508 e. The molecule has 4 aromatic carbocycles. The molecule has 0 aliphatic carbocycles. The summed E-state index contributed by atoms with van der Waals surface area (Å²) in [6.07, 6.45) is 1.44. The molecule has 0 saturated carbocycles. The third-order valence-electron chi connectivity index (χ3n) is 6.49. The van der Waals surface area contributed by atoms with Crippen molar-refractivity contribution in [1.82, 2.24) is 9.97 Å². The predicted molar refractivity (Wildman–Crippen MR) is 149 cm³/mol. The Labute approximate surface area is 216 Å². The van der Waals surface area contributed by atoms with Crippen LogP contribution in [0.25, 0.3) is 22.0 Å². The quantitative estimate of drug-likeness (QED) is 0.270. The van der Waals surface area contributed by atoms with Crippen molar-refractivity contribution < 1.29 is 9.90 Å². The predicted octanol–water partition coefficient (Wildman–Crippen LogP) is 6.65. The molecule has 184 valence electrons. The molecular formula is C32H29N3O2. The topological polar surface area (TPSA) is 75.1 Å². The number of fused-ring (bicyclic) bond motifs is 1. The molecular weight excluding hydrogens is 458 g/mol. The summed E-state index contributed by atoms with van der Waals surface area (Å²) in [6, 6.07) is 29.5. The molecule has 0 aliphatic heterocycles. The number of phenols is 1. The number of aromatic hydroxyl groups is 1. The molecule has 1 aromatic heterocycles. The van der Waals surface area contributed by atoms with E-state index in [2.05, 4.69) is 23.5 Å². The second-order valence-electron chi connectivity index (χ2n) is 9.24. The van der Waals surface area contributed by atoms with Gasteiger partial charge in [0.1, 0.15) is 5.75 Å². The minimum absolute atomic E-state index is 0.130. The lowest BCUT2D eigenvalue weighted by molar-refractivity contribution is -0.115. The first-order valence-electron chi connectivity index (χ1n) is 12.5. The van der Waals surface area contributed by atoms with Crippen LogP contribution in [0.4, 0.5) is 5.82 Å². The van der Waals surface area contributed by atoms with Crippen molar-refractivity contribution in [3.05, 3.63) is 119 Å². The average Bonchev–Trinajstić information content (AvgIpc) is 2.90. The van der Waals surface area contributed by atoms with Crippen LogP contribution in [0.2, 0.25) is 0 Å². The summed E-state index contributed by atoms with van der Waals surface area (Å²) in [6.45, 7) is 3.98. The fourth-order valence-electron chi connectivity index (χ4n) is 4.60. The Hall–Kier alpha value is -4.51. The lowest BCUT2D eigenvalue weighted by atomic mass is 10.0. The van der Waals surface area contributed by atoms with Crippen LogP contribution >= 0.6 is 0 Å². The van der Waals surface area contributed by atoms with Gasteiger partial charge in [-0.15, -0.1) is 0 Å². The molecule has 0 fully saturated rings. The van der Waals surface area contributed by atoms with E-state index < -0.39 is 0 Å². The zero-order chi connectivity index (χ0) is 25.8. The lowest BCUT2D eigenvalue weighted by Gasteiger charge is -2.16. The van der Waals surface area contributed by atoms with Gasteiger partial charge in [0.2, 0.25) is 5.91 Å². The minimum atomic E-state index is -0.130. The molecule has 0 aliphatic rings. The second-order valence-corrected chi connectivity index (χ2v) is 9.24. The average molecular weight is 488 g/mol. The molecule has 5 aromatic rings. The molecule has 0 radical (unpaired) electrons. The number of hydrogen-bond donors (Lipinski definition) is 2. The number of carbonyl (C=O) groups excluding carboxylic acids is 1. The third kappa shape index (κ3) is 5.51. The first-order chi connectivity index (χ1) is 18.0. The van der Waals surface area contributed by atoms with Crippen LogP contribution in [0.3, 0.4) is 0 Å². The smallest absolute Gasteiger partial charge is 0.229 e. The number of carbonyl (C=O) groups is 1. The summed E-state index contributed by atoms with van der Waals surface area (Å²) in [5.74, 6) is 0.579. The summed E-state index contributed by atoms with van der Waals surface area (Å²) in [5, 5.41) is 15.2. The van der Waals surface area contributed by atoms with Crippen LogP contribution in [0.1, 0.15) is 35.0 Å². The highest BCUT2D eigenvalue weighted by molar-refractivity contribution is 5.93. The van der Waals surface area contributed by atoms with E-state index in [0.29, 0.717) is 24.4 Å². The van der Waals surface area contributed by atoms with Crippen LogP contribution in [0.15, 0.2) is 91.0 Å². The Morgan fingerprint density at radius 1 is 0.811 bits per heavy atom. The lowest BCUT2D eigenvalue weighted by Crippen LogP contribution is -2.19. The standard InChI is InChI=1S/C32H29N3O2/c1-3-28-31(27-16-15-26(36)17-21(27)2)33-29(19-22-9-5-4-6-10-22)32(34-28)35-30(37)20-23-13-14-24-11-7-8-12-25(24)18-23/h4-18,36H,3,19-20H2,1-2H3,(H,34,35,37). The maximum absolute atomic E-state index is 13.2. The number of aromatic nitrogens is 2. The van der Waals surface area contributed by atoms with Crippen molar-refractivity contribution in [2.45, 2.75) is 33.1 Å². The molecule has 37 heavy (non-hydrogen) atoms. The molecule has 5 rings (SSSR count). The Balaban J connectivity index is 1.50. The fraction of sp³-hybridized carbons (Fsp3) is 0.156. The molecule has 0 atom stereocenters. The van der Waals surface area contributed by atoms with Gasteiger partial charge in [0, 0.05) is 12.0 Å². The first kappa shape index (κ1) is 24.2. The molecule has 1 heterocycles. The van der Waals surface area contributed by atoms with Gasteiger partial charge >= 0.3 is 0 Å². The van der Waals surface area contributed by atoms with Crippen LogP contribution in [-0.2, 0) is 24.1 Å². The monoisotopic (exact) mass is 487 g/mol. The Morgan fingerprint density at radius 2 is 1.57 bits per heavy atom. The Morgan fingerprint density at radius 3 is 2.32 bits per heavy atom. The summed E-state index contributed by atoms with van der Waals surface area (Å²) >= 11 is 0. The number of nitrogens with zero attached hydrogens (tertiary/aromatic N) is 2. The van der Waals surface area contributed by atoms with Crippen LogP contribution < -0.4 is 5.32 Å². The fourth-order valence-corrected chi connectivity index (χ4v) is 4.60. The molecule has 0 unspecified atom stereocenters. The highest BCUT2D eigenvalue weighted by Gasteiger charge is 2.18. The molecule has 0 spiro atoms. The van der Waals surface area contributed by atoms with Crippen LogP contribution in [0.5, 0.6) is 5.75 Å². The number of nitrogens with one attached hydrogen (secondary N) is 1. The number of anilines is 1. The van der Waals surface area contributed by atoms with Crippen LogP contribution in [0, 0.1) is 6.92 Å². The SMILES string of the molecule is CCc1nc(NC(=O)Cc2ccc3ccccc3c2)c(Cc2ccccc2)nc1-c1ccc(O)cc1C. The van der Waals surface area contributed by atoms with Gasteiger partial charge in [0.05, 0.1) is 23.5 Å². The number of hydrogen-bond acceptors (Lipinski definition) is 4. The maximum atomic E-state index is 13.2.